The highest BCUT2D eigenvalue weighted by Crippen LogP contribution is 2.33. The van der Waals surface area contributed by atoms with Gasteiger partial charge in [-0.05, 0) is 24.0 Å². The van der Waals surface area contributed by atoms with E-state index in [9.17, 15) is 9.18 Å². The number of halogens is 1. The maximum atomic E-state index is 14.3. The highest BCUT2D eigenvalue weighted by molar-refractivity contribution is 5.70. The van der Waals surface area contributed by atoms with E-state index in [4.69, 9.17) is 5.11 Å². The third-order valence-corrected chi connectivity index (χ3v) is 2.93. The van der Waals surface area contributed by atoms with Gasteiger partial charge in [-0.3, -0.25) is 4.79 Å². The number of alkyl halides is 1. The number of hydrogen-bond acceptors (Lipinski definition) is 1. The third-order valence-electron chi connectivity index (χ3n) is 2.93. The normalized spacial score (nSPS) is 14.8. The minimum absolute atomic E-state index is 0.0674. The predicted molar refractivity (Wildman–Crippen MR) is 61.1 cm³/mol. The molecule has 0 aliphatic carbocycles. The maximum Gasteiger partial charge on any atom is 0.307 e. The molecule has 0 heterocycles. The molecule has 0 aromatic heterocycles. The Kier molecular flexibility index (Phi) is 3.68. The lowest BCUT2D eigenvalue weighted by atomic mass is 9.86. The Balaban J connectivity index is 3.02. The monoisotopic (exact) mass is 224 g/mol. The van der Waals surface area contributed by atoms with Gasteiger partial charge < -0.3 is 5.11 Å². The van der Waals surface area contributed by atoms with E-state index in [-0.39, 0.29) is 12.3 Å². The molecule has 0 fully saturated rings. The molecule has 0 saturated heterocycles. The quantitative estimate of drug-likeness (QED) is 0.853. The van der Waals surface area contributed by atoms with E-state index in [2.05, 4.69) is 0 Å². The van der Waals surface area contributed by atoms with Crippen molar-refractivity contribution in [3.8, 4) is 0 Å². The maximum absolute atomic E-state index is 14.3. The van der Waals surface area contributed by atoms with Gasteiger partial charge in [-0.15, -0.1) is 0 Å². The molecule has 0 amide bonds. The highest BCUT2D eigenvalue weighted by atomic mass is 19.1. The Labute approximate surface area is 95.1 Å². The topological polar surface area (TPSA) is 37.3 Å². The summed E-state index contributed by atoms with van der Waals surface area (Å²) < 4.78 is 14.3. The van der Waals surface area contributed by atoms with Crippen molar-refractivity contribution >= 4 is 5.97 Å². The number of benzene rings is 1. The number of aliphatic carboxylic acids is 1. The number of rotatable bonds is 4. The minimum Gasteiger partial charge on any atom is -0.481 e. The first-order valence-corrected chi connectivity index (χ1v) is 5.34. The van der Waals surface area contributed by atoms with E-state index in [1.165, 1.54) is 6.92 Å². The molecule has 1 atom stereocenters. The van der Waals surface area contributed by atoms with E-state index in [0.717, 1.165) is 0 Å². The summed E-state index contributed by atoms with van der Waals surface area (Å²) >= 11 is 0. The van der Waals surface area contributed by atoms with Crippen LogP contribution in [0.5, 0.6) is 0 Å². The van der Waals surface area contributed by atoms with E-state index < -0.39 is 11.6 Å². The molecular formula is C13H17FO2. The van der Waals surface area contributed by atoms with Gasteiger partial charge in [0.25, 0.3) is 0 Å². The zero-order valence-corrected chi connectivity index (χ0v) is 9.83. The van der Waals surface area contributed by atoms with E-state index in [1.54, 1.807) is 24.3 Å². The molecule has 3 heteroatoms. The van der Waals surface area contributed by atoms with Gasteiger partial charge in [-0.25, -0.2) is 4.39 Å². The molecule has 0 saturated carbocycles. The van der Waals surface area contributed by atoms with Crippen LogP contribution < -0.4 is 0 Å². The van der Waals surface area contributed by atoms with E-state index in [0.29, 0.717) is 11.1 Å². The summed E-state index contributed by atoms with van der Waals surface area (Å²) in [6, 6.07) is 6.74. The first-order valence-electron chi connectivity index (χ1n) is 5.34. The average Bonchev–Trinajstić information content (AvgIpc) is 2.16. The molecular weight excluding hydrogens is 207 g/mol. The Morgan fingerprint density at radius 1 is 1.50 bits per heavy atom. The lowest BCUT2D eigenvalue weighted by Crippen LogP contribution is -2.22. The molecule has 1 N–H and O–H groups in total. The van der Waals surface area contributed by atoms with Gasteiger partial charge in [0.2, 0.25) is 0 Å². The smallest absolute Gasteiger partial charge is 0.307 e. The van der Waals surface area contributed by atoms with Crippen molar-refractivity contribution < 1.29 is 14.3 Å². The molecule has 0 radical (unpaired) electrons. The molecule has 1 aromatic carbocycles. The van der Waals surface area contributed by atoms with Crippen LogP contribution in [-0.4, -0.2) is 11.1 Å². The zero-order chi connectivity index (χ0) is 12.3. The van der Waals surface area contributed by atoms with Gasteiger partial charge in [0.05, 0.1) is 6.42 Å². The van der Waals surface area contributed by atoms with Gasteiger partial charge in [0.1, 0.15) is 5.67 Å². The third kappa shape index (κ3) is 2.81. The van der Waals surface area contributed by atoms with E-state index >= 15 is 0 Å². The number of carboxylic acids is 1. The SMILES string of the molecule is CC(C)C(C)(F)c1cccc(CC(=O)O)c1. The van der Waals surface area contributed by atoms with Crippen molar-refractivity contribution in [3.63, 3.8) is 0 Å². The standard InChI is InChI=1S/C13H17FO2/c1-9(2)13(3,14)11-6-4-5-10(7-11)8-12(15)16/h4-7,9H,8H2,1-3H3,(H,15,16). The first-order chi connectivity index (χ1) is 7.34. The second-order valence-electron chi connectivity index (χ2n) is 4.50. The van der Waals surface area contributed by atoms with Crippen molar-refractivity contribution in [1.29, 1.82) is 0 Å². The van der Waals surface area contributed by atoms with Crippen LogP contribution >= 0.6 is 0 Å². The minimum atomic E-state index is -1.42. The summed E-state index contributed by atoms with van der Waals surface area (Å²) in [5, 5.41) is 8.68. The number of carboxylic acid groups (broad SMARTS) is 1. The van der Waals surface area contributed by atoms with Crippen molar-refractivity contribution in [3.05, 3.63) is 35.4 Å². The Morgan fingerprint density at radius 2 is 2.12 bits per heavy atom. The molecule has 1 unspecified atom stereocenters. The Morgan fingerprint density at radius 3 is 2.62 bits per heavy atom. The lowest BCUT2D eigenvalue weighted by Gasteiger charge is -2.25. The molecule has 1 rings (SSSR count). The molecule has 2 nitrogen and oxygen atoms in total. The van der Waals surface area contributed by atoms with Gasteiger partial charge in [-0.1, -0.05) is 38.1 Å². The van der Waals surface area contributed by atoms with Gasteiger partial charge in [0.15, 0.2) is 0 Å². The predicted octanol–water partition coefficient (Wildman–Crippen LogP) is 3.15. The molecule has 1 aromatic rings. The Bertz CT molecular complexity index is 383. The fourth-order valence-electron chi connectivity index (χ4n) is 1.49. The van der Waals surface area contributed by atoms with Crippen LogP contribution in [0.1, 0.15) is 31.9 Å². The summed E-state index contributed by atoms with van der Waals surface area (Å²) in [6.45, 7) is 5.14. The van der Waals surface area contributed by atoms with Crippen LogP contribution in [0.15, 0.2) is 24.3 Å². The fourth-order valence-corrected chi connectivity index (χ4v) is 1.49. The van der Waals surface area contributed by atoms with Gasteiger partial charge in [-0.2, -0.15) is 0 Å². The number of carbonyl (C=O) groups is 1. The zero-order valence-electron chi connectivity index (χ0n) is 9.83. The molecule has 0 spiro atoms. The van der Waals surface area contributed by atoms with Crippen molar-refractivity contribution in [2.75, 3.05) is 0 Å². The Hall–Kier alpha value is -1.38. The van der Waals surface area contributed by atoms with Crippen molar-refractivity contribution in [2.24, 2.45) is 5.92 Å². The van der Waals surface area contributed by atoms with Crippen LogP contribution in [0.4, 0.5) is 4.39 Å². The molecule has 88 valence electrons. The summed E-state index contributed by atoms with van der Waals surface area (Å²) in [4.78, 5) is 10.6. The molecule has 0 aliphatic heterocycles. The van der Waals surface area contributed by atoms with Crippen molar-refractivity contribution in [2.45, 2.75) is 32.9 Å². The van der Waals surface area contributed by atoms with Crippen LogP contribution in [0.2, 0.25) is 0 Å². The summed E-state index contributed by atoms with van der Waals surface area (Å²) in [5.41, 5.74) is -0.245. The fraction of sp³-hybridized carbons (Fsp3) is 0.462. The summed E-state index contributed by atoms with van der Waals surface area (Å²) in [5.74, 6) is -1.05. The molecule has 16 heavy (non-hydrogen) atoms. The average molecular weight is 224 g/mol. The second kappa shape index (κ2) is 4.64. The second-order valence-corrected chi connectivity index (χ2v) is 4.50. The summed E-state index contributed by atoms with van der Waals surface area (Å²) in [6.07, 6.45) is -0.0674. The highest BCUT2D eigenvalue weighted by Gasteiger charge is 2.29. The van der Waals surface area contributed by atoms with Crippen LogP contribution in [0.25, 0.3) is 0 Å². The van der Waals surface area contributed by atoms with Gasteiger partial charge >= 0.3 is 5.97 Å². The van der Waals surface area contributed by atoms with Crippen molar-refractivity contribution in [1.82, 2.24) is 0 Å². The number of hydrogen-bond donors (Lipinski definition) is 1. The molecule has 0 aliphatic rings. The van der Waals surface area contributed by atoms with Crippen LogP contribution in [0.3, 0.4) is 0 Å². The lowest BCUT2D eigenvalue weighted by molar-refractivity contribution is -0.136. The van der Waals surface area contributed by atoms with E-state index in [1.807, 2.05) is 13.8 Å². The largest absolute Gasteiger partial charge is 0.481 e. The molecule has 0 bridgehead atoms. The van der Waals surface area contributed by atoms with Crippen LogP contribution in [-0.2, 0) is 16.9 Å². The van der Waals surface area contributed by atoms with Crippen LogP contribution in [0, 0.1) is 5.92 Å². The van der Waals surface area contributed by atoms with Gasteiger partial charge in [0, 0.05) is 0 Å². The first kappa shape index (κ1) is 12.7. The summed E-state index contributed by atoms with van der Waals surface area (Å²) in [7, 11) is 0.